The normalized spacial score (nSPS) is 11.1. The van der Waals surface area contributed by atoms with Crippen LogP contribution in [-0.2, 0) is 11.3 Å². The van der Waals surface area contributed by atoms with Crippen molar-refractivity contribution in [2.45, 2.75) is 6.54 Å². The molecular formula is C12H9N2O4-. The minimum atomic E-state index is -1.21. The molecule has 0 bridgehead atoms. The van der Waals surface area contributed by atoms with Crippen molar-refractivity contribution < 1.29 is 14.8 Å². The number of aliphatic carboxylic acids is 1. The first-order valence-corrected chi connectivity index (χ1v) is 5.17. The molecule has 0 unspecified atom stereocenters. The van der Waals surface area contributed by atoms with Crippen molar-refractivity contribution >= 4 is 22.9 Å². The molecule has 1 aromatic carbocycles. The number of rotatable bonds is 4. The lowest BCUT2D eigenvalue weighted by atomic mass is 10.2. The number of nitrogens with zero attached hydrogens (tertiary/aromatic N) is 2. The van der Waals surface area contributed by atoms with Gasteiger partial charge < -0.3 is 14.5 Å². The van der Waals surface area contributed by atoms with Crippen molar-refractivity contribution in [1.82, 2.24) is 4.57 Å². The minimum absolute atomic E-state index is 0.285. The van der Waals surface area contributed by atoms with E-state index in [1.165, 1.54) is 10.6 Å². The number of hydrogen-bond acceptors (Lipinski definition) is 4. The van der Waals surface area contributed by atoms with Crippen molar-refractivity contribution in [3.8, 4) is 0 Å². The van der Waals surface area contributed by atoms with E-state index in [1.54, 1.807) is 30.5 Å². The van der Waals surface area contributed by atoms with E-state index < -0.39 is 10.9 Å². The Hall–Kier alpha value is -2.63. The number of hydrogen-bond donors (Lipinski definition) is 0. The Labute approximate surface area is 102 Å². The number of para-hydroxylation sites is 1. The molecule has 1 aromatic heterocycles. The molecule has 92 valence electrons. The Morgan fingerprint density at radius 3 is 2.78 bits per heavy atom. The first kappa shape index (κ1) is 11.8. The fourth-order valence-corrected chi connectivity index (χ4v) is 1.82. The van der Waals surface area contributed by atoms with Gasteiger partial charge in [0.05, 0.1) is 17.4 Å². The summed E-state index contributed by atoms with van der Waals surface area (Å²) >= 11 is 0. The van der Waals surface area contributed by atoms with E-state index in [1.807, 2.05) is 0 Å². The molecule has 2 aromatic rings. The van der Waals surface area contributed by atoms with Crippen LogP contribution in [0.4, 0.5) is 0 Å². The molecule has 0 aliphatic rings. The van der Waals surface area contributed by atoms with E-state index in [9.17, 15) is 20.0 Å². The van der Waals surface area contributed by atoms with Crippen LogP contribution >= 0.6 is 0 Å². The number of carboxylic acid groups (broad SMARTS) is 1. The smallest absolute Gasteiger partial charge is 0.235 e. The lowest BCUT2D eigenvalue weighted by molar-refractivity contribution is -0.400. The zero-order valence-corrected chi connectivity index (χ0v) is 9.28. The summed E-state index contributed by atoms with van der Waals surface area (Å²) in [5, 5.41) is 21.7. The summed E-state index contributed by atoms with van der Waals surface area (Å²) in [6.07, 6.45) is 3.72. The predicted molar refractivity (Wildman–Crippen MR) is 63.0 cm³/mol. The van der Waals surface area contributed by atoms with E-state index >= 15 is 0 Å². The largest absolute Gasteiger partial charge is 0.548 e. The van der Waals surface area contributed by atoms with Crippen LogP contribution in [0.5, 0.6) is 0 Å². The van der Waals surface area contributed by atoms with E-state index in [2.05, 4.69) is 0 Å². The van der Waals surface area contributed by atoms with Crippen molar-refractivity contribution in [3.05, 3.63) is 52.3 Å². The van der Waals surface area contributed by atoms with E-state index in [0.717, 1.165) is 11.6 Å². The van der Waals surface area contributed by atoms with Crippen LogP contribution in [-0.4, -0.2) is 15.5 Å². The zero-order chi connectivity index (χ0) is 13.1. The molecule has 0 radical (unpaired) electrons. The maximum absolute atomic E-state index is 10.6. The number of fused-ring (bicyclic) bond motifs is 1. The Morgan fingerprint density at radius 1 is 1.39 bits per heavy atom. The first-order valence-electron chi connectivity index (χ1n) is 5.17. The van der Waals surface area contributed by atoms with Gasteiger partial charge in [-0.1, -0.05) is 18.2 Å². The fourth-order valence-electron chi connectivity index (χ4n) is 1.82. The summed E-state index contributed by atoms with van der Waals surface area (Å²) in [6, 6.07) is 7.09. The lowest BCUT2D eigenvalue weighted by Crippen LogP contribution is -2.27. The molecule has 6 nitrogen and oxygen atoms in total. The van der Waals surface area contributed by atoms with Gasteiger partial charge in [-0.05, 0) is 6.07 Å². The molecule has 0 spiro atoms. The van der Waals surface area contributed by atoms with Gasteiger partial charge in [0.2, 0.25) is 6.20 Å². The second-order valence-corrected chi connectivity index (χ2v) is 3.70. The summed E-state index contributed by atoms with van der Waals surface area (Å²) in [4.78, 5) is 20.4. The Bertz CT molecular complexity index is 643. The third kappa shape index (κ3) is 2.37. The maximum Gasteiger partial charge on any atom is 0.235 e. The van der Waals surface area contributed by atoms with Gasteiger partial charge in [0.1, 0.15) is 0 Å². The highest BCUT2D eigenvalue weighted by Gasteiger charge is 2.06. The molecule has 0 aliphatic carbocycles. The number of carboxylic acids is 1. The third-order valence-electron chi connectivity index (χ3n) is 2.49. The van der Waals surface area contributed by atoms with Crippen LogP contribution in [0.25, 0.3) is 17.0 Å². The summed E-state index contributed by atoms with van der Waals surface area (Å²) in [5.74, 6) is -1.21. The maximum atomic E-state index is 10.6. The molecule has 0 N–H and O–H groups in total. The van der Waals surface area contributed by atoms with Gasteiger partial charge in [-0.2, -0.15) is 0 Å². The van der Waals surface area contributed by atoms with Crippen LogP contribution < -0.4 is 5.11 Å². The number of carbonyl (C=O) groups excluding carboxylic acids is 1. The van der Waals surface area contributed by atoms with Crippen LogP contribution in [0.3, 0.4) is 0 Å². The van der Waals surface area contributed by atoms with E-state index in [4.69, 9.17) is 0 Å². The number of nitro groups is 1. The molecule has 2 rings (SSSR count). The molecule has 0 aliphatic heterocycles. The molecule has 0 fully saturated rings. The van der Waals surface area contributed by atoms with Crippen LogP contribution in [0.15, 0.2) is 36.7 Å². The molecule has 18 heavy (non-hydrogen) atoms. The van der Waals surface area contributed by atoms with E-state index in [-0.39, 0.29) is 6.54 Å². The highest BCUT2D eigenvalue weighted by Crippen LogP contribution is 2.22. The van der Waals surface area contributed by atoms with Crippen molar-refractivity contribution in [3.63, 3.8) is 0 Å². The number of aromatic nitrogens is 1. The summed E-state index contributed by atoms with van der Waals surface area (Å²) in [5.41, 5.74) is 1.30. The molecule has 0 amide bonds. The quantitative estimate of drug-likeness (QED) is 0.584. The summed E-state index contributed by atoms with van der Waals surface area (Å²) in [7, 11) is 0. The number of benzene rings is 1. The monoisotopic (exact) mass is 245 g/mol. The number of carbonyl (C=O) groups is 1. The Balaban J connectivity index is 2.53. The standard InChI is InChI=1S/C12H10N2O4/c15-12(16)8-13-7-9(5-6-14(17)18)10-3-1-2-4-11(10)13/h1-7H,8H2,(H,15,16)/p-1/b6-5+. The van der Waals surface area contributed by atoms with Crippen molar-refractivity contribution in [2.75, 3.05) is 0 Å². The molecule has 0 saturated heterocycles. The van der Waals surface area contributed by atoms with Crippen molar-refractivity contribution in [2.24, 2.45) is 0 Å². The SMILES string of the molecule is O=C([O-])Cn1cc(/C=C/[N+](=O)[O-])c2ccccc21. The molecule has 0 atom stereocenters. The Morgan fingerprint density at radius 2 is 2.11 bits per heavy atom. The summed E-state index contributed by atoms with van der Waals surface area (Å²) < 4.78 is 1.49. The molecular weight excluding hydrogens is 236 g/mol. The van der Waals surface area contributed by atoms with Crippen LogP contribution in [0, 0.1) is 10.1 Å². The van der Waals surface area contributed by atoms with Gasteiger partial charge >= 0.3 is 0 Å². The molecule has 6 heteroatoms. The lowest BCUT2D eigenvalue weighted by Gasteiger charge is -2.04. The van der Waals surface area contributed by atoms with Gasteiger partial charge in [-0.25, -0.2) is 0 Å². The van der Waals surface area contributed by atoms with Gasteiger partial charge in [0.25, 0.3) is 0 Å². The van der Waals surface area contributed by atoms with Gasteiger partial charge in [-0.15, -0.1) is 0 Å². The third-order valence-corrected chi connectivity index (χ3v) is 2.49. The second-order valence-electron chi connectivity index (χ2n) is 3.70. The van der Waals surface area contributed by atoms with Gasteiger partial charge in [-0.3, -0.25) is 10.1 Å². The van der Waals surface area contributed by atoms with Gasteiger partial charge in [0.15, 0.2) is 0 Å². The van der Waals surface area contributed by atoms with Gasteiger partial charge in [0, 0.05) is 28.7 Å². The Kier molecular flexibility index (Phi) is 3.09. The first-order chi connectivity index (χ1) is 8.58. The highest BCUT2D eigenvalue weighted by atomic mass is 16.6. The minimum Gasteiger partial charge on any atom is -0.548 e. The second kappa shape index (κ2) is 4.70. The fraction of sp³-hybridized carbons (Fsp3) is 0.0833. The van der Waals surface area contributed by atoms with Crippen molar-refractivity contribution in [1.29, 1.82) is 0 Å². The molecule has 0 saturated carbocycles. The van der Waals surface area contributed by atoms with Crippen LogP contribution in [0.2, 0.25) is 0 Å². The zero-order valence-electron chi connectivity index (χ0n) is 9.28. The average Bonchev–Trinajstić information content (AvgIpc) is 2.65. The van der Waals surface area contributed by atoms with Crippen LogP contribution in [0.1, 0.15) is 5.56 Å². The summed E-state index contributed by atoms with van der Waals surface area (Å²) in [6.45, 7) is -0.285. The molecule has 1 heterocycles. The average molecular weight is 245 g/mol. The highest BCUT2D eigenvalue weighted by molar-refractivity contribution is 5.90. The predicted octanol–water partition coefficient (Wildman–Crippen LogP) is 0.639. The van der Waals surface area contributed by atoms with E-state index in [0.29, 0.717) is 11.1 Å². The topological polar surface area (TPSA) is 88.2 Å².